The summed E-state index contributed by atoms with van der Waals surface area (Å²) in [7, 11) is -9.14. The number of carboxylic acids is 1. The Bertz CT molecular complexity index is 4970. The number of hydrogen-bond donors (Lipinski definition) is 7. The number of carbonyl (C=O) groups excluding carboxylic acids is 4. The first-order valence-corrected chi connectivity index (χ1v) is 41.1. The number of allylic oxidation sites excluding steroid dienone is 10. The third kappa shape index (κ3) is 20.9. The first-order valence-electron chi connectivity index (χ1n) is 36.7. The van der Waals surface area contributed by atoms with Crippen molar-refractivity contribution in [3.8, 4) is 0 Å². The highest BCUT2D eigenvalue weighted by Crippen LogP contribution is 2.51. The number of amides is 2. The normalized spacial score (nSPS) is 16.9. The number of nitro benzene ring substituents is 2. The van der Waals surface area contributed by atoms with Crippen LogP contribution in [-0.2, 0) is 91.2 Å². The summed E-state index contributed by atoms with van der Waals surface area (Å²) in [5, 5.41) is 64.1. The fraction of sp³-hybridized carbons (Fsp3) is 0.405. The fourth-order valence-electron chi connectivity index (χ4n) is 15.3. The maximum Gasteiger partial charge on any atom is 0.310 e. The molecule has 30 nitrogen and oxygen atoms in total. The molecule has 7 N–H and O–H groups in total. The van der Waals surface area contributed by atoms with Crippen LogP contribution in [0.1, 0.15) is 174 Å². The number of nitrogens with one attached hydrogen (secondary N) is 2. The van der Waals surface area contributed by atoms with E-state index >= 15 is 0 Å². The number of nitrogens with zero attached hydrogens (tertiary/aromatic N) is 6. The molecular weight excluding hydrogens is 1540 g/mol. The molecule has 604 valence electrons. The Kier molecular flexibility index (Phi) is 28.8. The van der Waals surface area contributed by atoms with Crippen molar-refractivity contribution in [1.82, 2.24) is 10.6 Å². The van der Waals surface area contributed by atoms with Crippen LogP contribution in [0.2, 0.25) is 0 Å². The number of carbonyl (C=O) groups is 5. The number of likely N-dealkylation sites (N-methyl/N-ethyl adjacent to an activating group) is 1. The number of non-ortho nitro benzene ring substituents is 2. The third-order valence-electron chi connectivity index (χ3n) is 20.9. The molecule has 0 aromatic heterocycles. The second kappa shape index (κ2) is 37.2. The van der Waals surface area contributed by atoms with Crippen molar-refractivity contribution in [2.75, 3.05) is 36.0 Å². The van der Waals surface area contributed by atoms with Crippen molar-refractivity contribution in [2.45, 2.75) is 200 Å². The number of anilines is 2. The molecule has 9 rings (SSSR count). The number of benzene rings is 5. The van der Waals surface area contributed by atoms with Gasteiger partial charge in [-0.25, -0.2) is 10.5 Å². The lowest BCUT2D eigenvalue weighted by Gasteiger charge is -2.27. The Morgan fingerprint density at radius 1 is 0.575 bits per heavy atom. The van der Waals surface area contributed by atoms with E-state index in [1.807, 2.05) is 96.2 Å². The van der Waals surface area contributed by atoms with E-state index in [1.54, 1.807) is 34.9 Å². The molecule has 2 amide bonds. The number of nitro groups is 2. The maximum absolute atomic E-state index is 13.3. The number of rotatable bonds is 41. The zero-order valence-electron chi connectivity index (χ0n) is 64.1. The highest BCUT2D eigenvalue weighted by Gasteiger charge is 2.48. The smallest absolute Gasteiger partial charge is 0.310 e. The summed E-state index contributed by atoms with van der Waals surface area (Å²) in [5.74, 6) is -3.42. The Morgan fingerprint density at radius 3 is 1.65 bits per heavy atom. The molecular formula is C79H94N8O22S4+2. The van der Waals surface area contributed by atoms with E-state index in [1.165, 1.54) is 42.5 Å². The molecule has 34 heteroatoms. The molecule has 4 aliphatic heterocycles. The molecule has 0 radical (unpaired) electrons. The summed E-state index contributed by atoms with van der Waals surface area (Å²) in [4.78, 5) is 92.1. The van der Waals surface area contributed by atoms with Gasteiger partial charge < -0.3 is 25.5 Å². The predicted molar refractivity (Wildman–Crippen MR) is 424 cm³/mol. The standard InChI is InChI=1S/C79H92N8O22S4/c1-10-82-64-34-30-55(110-108-106-98)45-59(64)76(2,3)69(82)27-22-28-71-78(6,7)61-47-57(112(100,101)102)32-36-66(61)84(71)40-21-13-17-29-73(90)80-38-19-18-24-63(68(89)49-75(92)93)81-74(91)44-54(88)23-14-12-20-39-83-65-35-31-56(111-109-107-99)46-60(65)77(4,5)70(83)25-15-11-16-26-72-79(8,9)62-48-58(113(103,104)105)33-37-67(62)85(72)50-51-41-52(86(94)95)43-53(42-51)87(96)97/h11,15-16,22,25-28,30-37,41-43,45-48,63H,10,12-14,17-21,23-24,29,38-40,44,49-50H2,1-9H3,(H5-2,80,81,90,91,92,93,98,99,100,101,102,103,104,105)/p+2. The zero-order chi connectivity index (χ0) is 82.5. The average molecular weight is 1640 g/mol. The van der Waals surface area contributed by atoms with E-state index in [0.717, 1.165) is 85.9 Å². The summed E-state index contributed by atoms with van der Waals surface area (Å²) < 4.78 is 82.7. The van der Waals surface area contributed by atoms with Gasteiger partial charge in [0.15, 0.2) is 23.8 Å². The Labute approximate surface area is 663 Å². The molecule has 0 bridgehead atoms. The van der Waals surface area contributed by atoms with Gasteiger partial charge in [-0.05, 0) is 164 Å². The van der Waals surface area contributed by atoms with Gasteiger partial charge in [-0.3, -0.25) is 53.3 Å². The first kappa shape index (κ1) is 87.5. The highest BCUT2D eigenvalue weighted by molar-refractivity contribution is 7.94. The lowest BCUT2D eigenvalue weighted by molar-refractivity contribution is -0.455. The molecule has 4 aliphatic rings. The summed E-state index contributed by atoms with van der Waals surface area (Å²) in [6, 6.07) is 22.3. The van der Waals surface area contributed by atoms with Gasteiger partial charge in [0.2, 0.25) is 23.2 Å². The van der Waals surface area contributed by atoms with Gasteiger partial charge in [-0.2, -0.15) is 26.0 Å². The van der Waals surface area contributed by atoms with Crippen LogP contribution < -0.4 is 20.4 Å². The van der Waals surface area contributed by atoms with Gasteiger partial charge in [0, 0.05) is 135 Å². The van der Waals surface area contributed by atoms with Crippen LogP contribution in [0.3, 0.4) is 0 Å². The minimum atomic E-state index is -4.63. The van der Waals surface area contributed by atoms with E-state index in [-0.39, 0.29) is 59.4 Å². The van der Waals surface area contributed by atoms with Gasteiger partial charge in [0.05, 0.1) is 73.1 Å². The van der Waals surface area contributed by atoms with Gasteiger partial charge in [-0.1, -0.05) is 68.5 Å². The summed E-state index contributed by atoms with van der Waals surface area (Å²) >= 11 is 1.69. The van der Waals surface area contributed by atoms with Gasteiger partial charge >= 0.3 is 5.97 Å². The molecule has 1 unspecified atom stereocenters. The number of hydrogen-bond acceptors (Lipinski definition) is 23. The number of Topliss-reactive ketones (excluding diaryl/α,β-unsaturated/α-hetero) is 2. The number of fused-ring (bicyclic) bond motifs is 4. The molecule has 5 aromatic carbocycles. The van der Waals surface area contributed by atoms with Crippen molar-refractivity contribution < 1.29 is 103 Å². The monoisotopic (exact) mass is 1630 g/mol. The maximum atomic E-state index is 13.3. The molecule has 5 aromatic rings. The number of ketones is 2. The number of carboxylic acid groups (broad SMARTS) is 1. The van der Waals surface area contributed by atoms with Crippen LogP contribution in [-0.4, -0.2) is 134 Å². The summed E-state index contributed by atoms with van der Waals surface area (Å²) in [6.07, 6.45) is 18.3. The fourth-order valence-corrected chi connectivity index (χ4v) is 17.1. The summed E-state index contributed by atoms with van der Waals surface area (Å²) in [5.41, 5.74) is 6.38. The second-order valence-corrected chi connectivity index (χ2v) is 34.3. The molecule has 0 spiro atoms. The SMILES string of the molecule is CCN1/C(=C\C=C\C2=[N+](CCCCCC(=O)NCCCCC(NC(=O)CC(=O)CCCCCN3/C(=C/C=C/C=C/C4=[N+](Cc5cc([N+](=O)[O-])cc([N+](=O)[O-])c5)c5ccc(S(=O)(=O)O)cc5C4(C)C)C(C)(C)c4cc(SOOO)ccc43)C(=O)CC(=O)O)c3ccc(S(=O)(=O)O)cc3C2(C)C)C(C)(C)c2cc(SOOO)ccc21. The Hall–Kier alpha value is -9.43. The molecule has 4 heterocycles. The van der Waals surface area contributed by atoms with Crippen molar-refractivity contribution in [2.24, 2.45) is 0 Å². The predicted octanol–water partition coefficient (Wildman–Crippen LogP) is 14.5. The Morgan fingerprint density at radius 2 is 1.10 bits per heavy atom. The highest BCUT2D eigenvalue weighted by atomic mass is 32.2. The average Bonchev–Trinajstić information content (AvgIpc) is 1.60. The molecule has 0 saturated heterocycles. The van der Waals surface area contributed by atoms with Crippen molar-refractivity contribution >= 4 is 119 Å². The minimum absolute atomic E-state index is 0.0433. The first-order chi connectivity index (χ1) is 53.3. The largest absolute Gasteiger partial charge is 0.481 e. The number of unbranched alkanes of at least 4 members (excludes halogenated alkanes) is 5. The van der Waals surface area contributed by atoms with E-state index in [9.17, 15) is 75.2 Å². The third-order valence-corrected chi connectivity index (χ3v) is 23.8. The van der Waals surface area contributed by atoms with E-state index < -0.39 is 99.7 Å². The quantitative estimate of drug-likeness (QED) is 0.00220. The van der Waals surface area contributed by atoms with E-state index in [2.05, 4.69) is 61.9 Å². The molecule has 0 aliphatic carbocycles. The number of aliphatic carboxylic acids is 1. The van der Waals surface area contributed by atoms with E-state index in [4.69, 9.17) is 19.2 Å². The van der Waals surface area contributed by atoms with Crippen LogP contribution in [0.4, 0.5) is 34.1 Å². The van der Waals surface area contributed by atoms with Crippen LogP contribution in [0.5, 0.6) is 0 Å². The Balaban J connectivity index is 0.767. The van der Waals surface area contributed by atoms with E-state index in [0.29, 0.717) is 92.9 Å². The van der Waals surface area contributed by atoms with Crippen molar-refractivity contribution in [3.05, 3.63) is 199 Å². The molecule has 1 atom stereocenters. The lowest BCUT2D eigenvalue weighted by atomic mass is 9.81. The van der Waals surface area contributed by atoms with Crippen molar-refractivity contribution in [1.29, 1.82) is 0 Å². The molecule has 113 heavy (non-hydrogen) atoms. The van der Waals surface area contributed by atoms with Crippen LogP contribution >= 0.6 is 24.1 Å². The molecule has 0 fully saturated rings. The summed E-state index contributed by atoms with van der Waals surface area (Å²) in [6.45, 7) is 19.9. The van der Waals surface area contributed by atoms with Gasteiger partial charge in [0.25, 0.3) is 31.6 Å². The van der Waals surface area contributed by atoms with Crippen LogP contribution in [0, 0.1) is 20.2 Å². The van der Waals surface area contributed by atoms with Crippen molar-refractivity contribution in [3.63, 3.8) is 0 Å². The molecule has 0 saturated carbocycles. The van der Waals surface area contributed by atoms with Crippen LogP contribution in [0.25, 0.3) is 0 Å². The zero-order valence-corrected chi connectivity index (χ0v) is 67.3. The second-order valence-electron chi connectivity index (χ2n) is 29.9. The lowest BCUT2D eigenvalue weighted by Crippen LogP contribution is -2.42. The topological polar surface area (TPSA) is 415 Å². The minimum Gasteiger partial charge on any atom is -0.481 e. The van der Waals surface area contributed by atoms with Gasteiger partial charge in [-0.15, -0.1) is 8.67 Å². The van der Waals surface area contributed by atoms with Crippen LogP contribution in [0.15, 0.2) is 171 Å². The van der Waals surface area contributed by atoms with Gasteiger partial charge in [0.1, 0.15) is 18.7 Å².